The molecule has 122 valence electrons. The van der Waals surface area contributed by atoms with Crippen molar-refractivity contribution in [2.45, 2.75) is 52.6 Å². The molecule has 3 N–H and O–H groups in total. The van der Waals surface area contributed by atoms with E-state index in [1.807, 2.05) is 13.8 Å². The number of carbonyl (C=O) groups excluding carboxylic acids is 2. The molecule has 1 rings (SSSR count). The van der Waals surface area contributed by atoms with E-state index in [-0.39, 0.29) is 11.9 Å². The number of piperidine rings is 1. The molecule has 6 heteroatoms. The highest BCUT2D eigenvalue weighted by atomic mass is 16.2. The van der Waals surface area contributed by atoms with Gasteiger partial charge in [-0.15, -0.1) is 0 Å². The molecule has 0 saturated carbocycles. The third kappa shape index (κ3) is 5.63. The van der Waals surface area contributed by atoms with Gasteiger partial charge in [0.15, 0.2) is 0 Å². The Balaban J connectivity index is 2.39. The van der Waals surface area contributed by atoms with Crippen molar-refractivity contribution >= 4 is 11.9 Å². The molecule has 0 bridgehead atoms. The van der Waals surface area contributed by atoms with E-state index in [2.05, 4.69) is 34.7 Å². The summed E-state index contributed by atoms with van der Waals surface area (Å²) in [6, 6.07) is -0.149. The van der Waals surface area contributed by atoms with Crippen molar-refractivity contribution in [1.82, 2.24) is 20.9 Å². The standard InChI is InChI=1S/C15H30N4O2/c1-5-16-11(3)13-7-9-19(10-8-13)12(4)14(20)18-15(21)17-6-2/h11-13,16H,5-10H2,1-4H3,(H2,17,18,20,21). The lowest BCUT2D eigenvalue weighted by molar-refractivity contribution is -0.125. The van der Waals surface area contributed by atoms with E-state index in [1.165, 1.54) is 0 Å². The Hall–Kier alpha value is -1.14. The fourth-order valence-corrected chi connectivity index (χ4v) is 2.88. The van der Waals surface area contributed by atoms with Crippen molar-refractivity contribution in [3.63, 3.8) is 0 Å². The van der Waals surface area contributed by atoms with E-state index in [0.717, 1.165) is 32.5 Å². The van der Waals surface area contributed by atoms with Gasteiger partial charge in [-0.1, -0.05) is 6.92 Å². The molecular weight excluding hydrogens is 268 g/mol. The minimum atomic E-state index is -0.412. The van der Waals surface area contributed by atoms with Crippen LogP contribution < -0.4 is 16.0 Å². The summed E-state index contributed by atoms with van der Waals surface area (Å²) in [6.07, 6.45) is 2.18. The fraction of sp³-hybridized carbons (Fsp3) is 0.867. The van der Waals surface area contributed by atoms with Crippen LogP contribution in [0.3, 0.4) is 0 Å². The molecule has 1 aliphatic rings. The van der Waals surface area contributed by atoms with E-state index in [4.69, 9.17) is 0 Å². The number of nitrogens with one attached hydrogen (secondary N) is 3. The first-order valence-electron chi connectivity index (χ1n) is 8.05. The first-order valence-corrected chi connectivity index (χ1v) is 8.05. The van der Waals surface area contributed by atoms with Crippen molar-refractivity contribution in [3.05, 3.63) is 0 Å². The van der Waals surface area contributed by atoms with Gasteiger partial charge in [0.05, 0.1) is 6.04 Å². The third-order valence-electron chi connectivity index (χ3n) is 4.31. The number of carbonyl (C=O) groups is 2. The first-order chi connectivity index (χ1) is 9.99. The average molecular weight is 298 g/mol. The van der Waals surface area contributed by atoms with Crippen LogP contribution in [-0.4, -0.2) is 55.1 Å². The van der Waals surface area contributed by atoms with Gasteiger partial charge in [0.25, 0.3) is 0 Å². The molecule has 2 unspecified atom stereocenters. The third-order valence-corrected chi connectivity index (χ3v) is 4.31. The Morgan fingerprint density at radius 2 is 1.76 bits per heavy atom. The highest BCUT2D eigenvalue weighted by Crippen LogP contribution is 2.22. The number of hydrogen-bond donors (Lipinski definition) is 3. The molecule has 1 aliphatic heterocycles. The van der Waals surface area contributed by atoms with Crippen LogP contribution in [0.1, 0.15) is 40.5 Å². The molecule has 3 amide bonds. The van der Waals surface area contributed by atoms with Crippen molar-refractivity contribution < 1.29 is 9.59 Å². The normalized spacial score (nSPS) is 19.8. The summed E-state index contributed by atoms with van der Waals surface area (Å²) in [5.41, 5.74) is 0. The zero-order valence-electron chi connectivity index (χ0n) is 13.7. The lowest BCUT2D eigenvalue weighted by Gasteiger charge is -2.37. The van der Waals surface area contributed by atoms with Crippen LogP contribution in [-0.2, 0) is 4.79 Å². The first kappa shape index (κ1) is 17.9. The number of rotatable bonds is 6. The number of hydrogen-bond acceptors (Lipinski definition) is 4. The fourth-order valence-electron chi connectivity index (χ4n) is 2.88. The SMILES string of the molecule is CCNC(=O)NC(=O)C(C)N1CCC(C(C)NCC)CC1. The topological polar surface area (TPSA) is 73.5 Å². The van der Waals surface area contributed by atoms with E-state index in [0.29, 0.717) is 18.5 Å². The van der Waals surface area contributed by atoms with Gasteiger partial charge in [-0.3, -0.25) is 15.0 Å². The predicted molar refractivity (Wildman–Crippen MR) is 84.1 cm³/mol. The van der Waals surface area contributed by atoms with Gasteiger partial charge < -0.3 is 10.6 Å². The van der Waals surface area contributed by atoms with E-state index in [9.17, 15) is 9.59 Å². The van der Waals surface area contributed by atoms with Gasteiger partial charge in [0.1, 0.15) is 0 Å². The highest BCUT2D eigenvalue weighted by molar-refractivity contribution is 5.96. The maximum atomic E-state index is 12.0. The monoisotopic (exact) mass is 298 g/mol. The van der Waals surface area contributed by atoms with Gasteiger partial charge in [0.2, 0.25) is 5.91 Å². The Labute approximate surface area is 128 Å². The summed E-state index contributed by atoms with van der Waals surface area (Å²) >= 11 is 0. The van der Waals surface area contributed by atoms with Gasteiger partial charge in [-0.05, 0) is 59.2 Å². The minimum absolute atomic E-state index is 0.223. The Morgan fingerprint density at radius 1 is 1.14 bits per heavy atom. The molecule has 2 atom stereocenters. The molecule has 0 radical (unpaired) electrons. The van der Waals surface area contributed by atoms with Crippen LogP contribution in [0.15, 0.2) is 0 Å². The number of urea groups is 1. The zero-order chi connectivity index (χ0) is 15.8. The smallest absolute Gasteiger partial charge is 0.321 e. The van der Waals surface area contributed by atoms with Crippen molar-refractivity contribution in [3.8, 4) is 0 Å². The minimum Gasteiger partial charge on any atom is -0.338 e. The molecule has 0 aromatic rings. The molecule has 1 heterocycles. The Bertz CT molecular complexity index is 341. The second-order valence-electron chi connectivity index (χ2n) is 5.74. The molecule has 0 spiro atoms. The van der Waals surface area contributed by atoms with E-state index in [1.54, 1.807) is 0 Å². The largest absolute Gasteiger partial charge is 0.338 e. The molecule has 0 aliphatic carbocycles. The summed E-state index contributed by atoms with van der Waals surface area (Å²) in [5.74, 6) is 0.444. The van der Waals surface area contributed by atoms with Crippen LogP contribution in [0.25, 0.3) is 0 Å². The quantitative estimate of drug-likeness (QED) is 0.682. The summed E-state index contributed by atoms with van der Waals surface area (Å²) in [7, 11) is 0. The second-order valence-corrected chi connectivity index (χ2v) is 5.74. The zero-order valence-corrected chi connectivity index (χ0v) is 13.7. The lowest BCUT2D eigenvalue weighted by atomic mass is 9.89. The van der Waals surface area contributed by atoms with Gasteiger partial charge in [0, 0.05) is 12.6 Å². The van der Waals surface area contributed by atoms with Crippen LogP contribution >= 0.6 is 0 Å². The van der Waals surface area contributed by atoms with Crippen molar-refractivity contribution in [1.29, 1.82) is 0 Å². The van der Waals surface area contributed by atoms with Crippen molar-refractivity contribution in [2.24, 2.45) is 5.92 Å². The maximum absolute atomic E-state index is 12.0. The molecule has 6 nitrogen and oxygen atoms in total. The predicted octanol–water partition coefficient (Wildman–Crippen LogP) is 0.931. The van der Waals surface area contributed by atoms with Gasteiger partial charge in [-0.2, -0.15) is 0 Å². The summed E-state index contributed by atoms with van der Waals surface area (Å²) in [6.45, 7) is 11.4. The number of likely N-dealkylation sites (tertiary alicyclic amines) is 1. The van der Waals surface area contributed by atoms with Gasteiger partial charge in [-0.25, -0.2) is 4.79 Å². The maximum Gasteiger partial charge on any atom is 0.321 e. The molecule has 0 aromatic carbocycles. The van der Waals surface area contributed by atoms with Crippen LogP contribution in [0.4, 0.5) is 4.79 Å². The van der Waals surface area contributed by atoms with E-state index >= 15 is 0 Å². The summed E-state index contributed by atoms with van der Waals surface area (Å²) in [5, 5.41) is 8.43. The van der Waals surface area contributed by atoms with Crippen LogP contribution in [0.5, 0.6) is 0 Å². The molecule has 1 fully saturated rings. The van der Waals surface area contributed by atoms with Crippen LogP contribution in [0.2, 0.25) is 0 Å². The second kappa shape index (κ2) is 9.00. The average Bonchev–Trinajstić information content (AvgIpc) is 2.47. The molecule has 1 saturated heterocycles. The van der Waals surface area contributed by atoms with Gasteiger partial charge >= 0.3 is 6.03 Å². The lowest BCUT2D eigenvalue weighted by Crippen LogP contribution is -2.52. The number of imide groups is 1. The number of nitrogens with zero attached hydrogens (tertiary/aromatic N) is 1. The summed E-state index contributed by atoms with van der Waals surface area (Å²) in [4.78, 5) is 25.6. The molecule has 0 aromatic heterocycles. The van der Waals surface area contributed by atoms with Crippen molar-refractivity contribution in [2.75, 3.05) is 26.2 Å². The highest BCUT2D eigenvalue weighted by Gasteiger charge is 2.29. The Morgan fingerprint density at radius 3 is 2.29 bits per heavy atom. The number of amides is 3. The van der Waals surface area contributed by atoms with Crippen LogP contribution in [0, 0.1) is 5.92 Å². The summed E-state index contributed by atoms with van der Waals surface area (Å²) < 4.78 is 0. The molecule has 21 heavy (non-hydrogen) atoms. The Kier molecular flexibility index (Phi) is 7.67. The van der Waals surface area contributed by atoms with E-state index < -0.39 is 6.03 Å². The molecular formula is C15H30N4O2.